The number of hydrogen-bond acceptors (Lipinski definition) is 3. The second-order valence-corrected chi connectivity index (χ2v) is 4.10. The number of ether oxygens (including phenoxy) is 1. The average molecular weight is 247 g/mol. The van der Waals surface area contributed by atoms with Gasteiger partial charge in [0.05, 0.1) is 6.61 Å². The third-order valence-electron chi connectivity index (χ3n) is 2.66. The molecule has 0 aliphatic heterocycles. The average Bonchev–Trinajstić information content (AvgIpc) is 2.39. The molecule has 3 nitrogen and oxygen atoms in total. The van der Waals surface area contributed by atoms with E-state index in [1.165, 1.54) is 11.1 Å². The molecule has 1 rings (SSSR count). The molecule has 0 aromatic heterocycles. The van der Waals surface area contributed by atoms with Crippen molar-refractivity contribution in [2.45, 2.75) is 26.8 Å². The maximum absolute atomic E-state index is 11.3. The third kappa shape index (κ3) is 4.72. The van der Waals surface area contributed by atoms with Gasteiger partial charge in [0.25, 0.3) is 0 Å². The summed E-state index contributed by atoms with van der Waals surface area (Å²) in [7, 11) is 0. The van der Waals surface area contributed by atoms with Crippen molar-refractivity contribution < 1.29 is 9.53 Å². The summed E-state index contributed by atoms with van der Waals surface area (Å²) in [4.78, 5) is 11.3. The van der Waals surface area contributed by atoms with Crippen molar-refractivity contribution in [3.8, 4) is 0 Å². The van der Waals surface area contributed by atoms with Gasteiger partial charge in [-0.2, -0.15) is 0 Å². The van der Waals surface area contributed by atoms with Crippen molar-refractivity contribution in [2.75, 3.05) is 13.2 Å². The molecule has 1 aromatic rings. The monoisotopic (exact) mass is 247 g/mol. The Morgan fingerprint density at radius 3 is 2.39 bits per heavy atom. The third-order valence-corrected chi connectivity index (χ3v) is 2.66. The predicted molar refractivity (Wildman–Crippen MR) is 73.3 cm³/mol. The minimum atomic E-state index is -0.327. The topological polar surface area (TPSA) is 38.3 Å². The quantitative estimate of drug-likeness (QED) is 0.594. The number of carbonyl (C=O) groups excluding carboxylic acids is 1. The van der Waals surface area contributed by atoms with Gasteiger partial charge < -0.3 is 10.1 Å². The number of hydrogen-bond donors (Lipinski definition) is 1. The Balaban J connectivity index is 2.32. The minimum absolute atomic E-state index is 0.327. The number of esters is 1. The van der Waals surface area contributed by atoms with Crippen LogP contribution in [0.5, 0.6) is 0 Å². The SMILES string of the molecule is C=C(CNCc1ccc(CC)cc1)C(=O)OCC. The van der Waals surface area contributed by atoms with E-state index in [1.54, 1.807) is 6.92 Å². The molecule has 3 heteroatoms. The van der Waals surface area contributed by atoms with Crippen LogP contribution in [0.25, 0.3) is 0 Å². The molecule has 0 fully saturated rings. The van der Waals surface area contributed by atoms with Gasteiger partial charge in [-0.1, -0.05) is 37.8 Å². The maximum atomic E-state index is 11.3. The zero-order valence-electron chi connectivity index (χ0n) is 11.2. The van der Waals surface area contributed by atoms with Crippen molar-refractivity contribution >= 4 is 5.97 Å². The predicted octanol–water partition coefficient (Wildman–Crippen LogP) is 2.46. The molecule has 0 radical (unpaired) electrons. The van der Waals surface area contributed by atoms with Crippen LogP contribution in [0.3, 0.4) is 0 Å². The molecule has 0 heterocycles. The first-order valence-electron chi connectivity index (χ1n) is 6.30. The second-order valence-electron chi connectivity index (χ2n) is 4.10. The molecule has 0 spiro atoms. The molecule has 0 aliphatic rings. The summed E-state index contributed by atoms with van der Waals surface area (Å²) >= 11 is 0. The van der Waals surface area contributed by atoms with E-state index >= 15 is 0 Å². The van der Waals surface area contributed by atoms with Crippen molar-refractivity contribution in [1.82, 2.24) is 5.32 Å². The Morgan fingerprint density at radius 1 is 1.22 bits per heavy atom. The number of nitrogens with one attached hydrogen (secondary N) is 1. The zero-order valence-corrected chi connectivity index (χ0v) is 11.2. The Hall–Kier alpha value is -1.61. The fourth-order valence-electron chi connectivity index (χ4n) is 1.56. The Bertz CT molecular complexity index is 395. The number of rotatable bonds is 7. The maximum Gasteiger partial charge on any atom is 0.334 e. The van der Waals surface area contributed by atoms with E-state index in [-0.39, 0.29) is 5.97 Å². The standard InChI is InChI=1S/C15H21NO2/c1-4-13-6-8-14(9-7-13)11-16-10-12(3)15(17)18-5-2/h6-9,16H,3-5,10-11H2,1-2H3. The Kier molecular flexibility index (Phi) is 6.15. The Labute approximate surface area is 109 Å². The van der Waals surface area contributed by atoms with E-state index < -0.39 is 0 Å². The number of carbonyl (C=O) groups is 1. The summed E-state index contributed by atoms with van der Waals surface area (Å²) in [5, 5.41) is 3.18. The van der Waals surface area contributed by atoms with Crippen molar-refractivity contribution in [2.24, 2.45) is 0 Å². The van der Waals surface area contributed by atoms with Crippen LogP contribution >= 0.6 is 0 Å². The van der Waals surface area contributed by atoms with Gasteiger partial charge in [0, 0.05) is 18.7 Å². The smallest absolute Gasteiger partial charge is 0.334 e. The van der Waals surface area contributed by atoms with E-state index in [4.69, 9.17) is 4.74 Å². The van der Waals surface area contributed by atoms with Gasteiger partial charge in [0.1, 0.15) is 0 Å². The zero-order chi connectivity index (χ0) is 13.4. The van der Waals surface area contributed by atoms with Crippen molar-refractivity contribution in [3.63, 3.8) is 0 Å². The second kappa shape index (κ2) is 7.67. The lowest BCUT2D eigenvalue weighted by Gasteiger charge is -2.07. The van der Waals surface area contributed by atoms with E-state index in [0.29, 0.717) is 18.7 Å². The van der Waals surface area contributed by atoms with Gasteiger partial charge in [-0.05, 0) is 24.5 Å². The molecule has 18 heavy (non-hydrogen) atoms. The van der Waals surface area contributed by atoms with Crippen LogP contribution in [0.4, 0.5) is 0 Å². The molecule has 0 amide bonds. The molecular weight excluding hydrogens is 226 g/mol. The lowest BCUT2D eigenvalue weighted by atomic mass is 10.1. The molecule has 1 aromatic carbocycles. The minimum Gasteiger partial charge on any atom is -0.463 e. The van der Waals surface area contributed by atoms with Gasteiger partial charge in [-0.15, -0.1) is 0 Å². The van der Waals surface area contributed by atoms with Crippen LogP contribution in [0, 0.1) is 0 Å². The first-order valence-corrected chi connectivity index (χ1v) is 6.30. The summed E-state index contributed by atoms with van der Waals surface area (Å²) in [6.07, 6.45) is 1.05. The van der Waals surface area contributed by atoms with Crippen molar-refractivity contribution in [3.05, 3.63) is 47.5 Å². The molecule has 0 saturated carbocycles. The molecule has 1 N–H and O–H groups in total. The highest BCUT2D eigenvalue weighted by molar-refractivity contribution is 5.88. The lowest BCUT2D eigenvalue weighted by Crippen LogP contribution is -2.21. The highest BCUT2D eigenvalue weighted by Crippen LogP contribution is 2.04. The van der Waals surface area contributed by atoms with Gasteiger partial charge in [-0.3, -0.25) is 0 Å². The van der Waals surface area contributed by atoms with Crippen LogP contribution in [-0.4, -0.2) is 19.1 Å². The summed E-state index contributed by atoms with van der Waals surface area (Å²) in [5.74, 6) is -0.327. The molecule has 0 atom stereocenters. The van der Waals surface area contributed by atoms with E-state index in [2.05, 4.69) is 43.1 Å². The van der Waals surface area contributed by atoms with Crippen LogP contribution < -0.4 is 5.32 Å². The Morgan fingerprint density at radius 2 is 1.83 bits per heavy atom. The van der Waals surface area contributed by atoms with E-state index in [1.807, 2.05) is 0 Å². The van der Waals surface area contributed by atoms with Crippen LogP contribution in [0.2, 0.25) is 0 Å². The largest absolute Gasteiger partial charge is 0.463 e. The summed E-state index contributed by atoms with van der Waals surface area (Å²) in [5.41, 5.74) is 2.99. The van der Waals surface area contributed by atoms with Crippen LogP contribution in [-0.2, 0) is 22.5 Å². The molecular formula is C15H21NO2. The molecule has 0 aliphatic carbocycles. The fourth-order valence-corrected chi connectivity index (χ4v) is 1.56. The van der Waals surface area contributed by atoms with Gasteiger partial charge in [-0.25, -0.2) is 4.79 Å². The summed E-state index contributed by atoms with van der Waals surface area (Å²) < 4.78 is 4.86. The highest BCUT2D eigenvalue weighted by atomic mass is 16.5. The number of benzene rings is 1. The molecule has 0 unspecified atom stereocenters. The molecule has 0 bridgehead atoms. The lowest BCUT2D eigenvalue weighted by molar-refractivity contribution is -0.138. The van der Waals surface area contributed by atoms with Gasteiger partial charge in [0.2, 0.25) is 0 Å². The van der Waals surface area contributed by atoms with Crippen LogP contribution in [0.1, 0.15) is 25.0 Å². The number of aryl methyl sites for hydroxylation is 1. The fraction of sp³-hybridized carbons (Fsp3) is 0.400. The summed E-state index contributed by atoms with van der Waals surface area (Å²) in [6, 6.07) is 8.44. The van der Waals surface area contributed by atoms with Gasteiger partial charge >= 0.3 is 5.97 Å². The van der Waals surface area contributed by atoms with Gasteiger partial charge in [0.15, 0.2) is 0 Å². The molecule has 0 saturated heterocycles. The van der Waals surface area contributed by atoms with Crippen molar-refractivity contribution in [1.29, 1.82) is 0 Å². The summed E-state index contributed by atoms with van der Waals surface area (Å²) in [6.45, 7) is 9.18. The molecule has 98 valence electrons. The van der Waals surface area contributed by atoms with Crippen LogP contribution in [0.15, 0.2) is 36.4 Å². The van der Waals surface area contributed by atoms with E-state index in [0.717, 1.165) is 13.0 Å². The van der Waals surface area contributed by atoms with E-state index in [9.17, 15) is 4.79 Å². The first kappa shape index (κ1) is 14.5. The first-order chi connectivity index (χ1) is 8.67. The highest BCUT2D eigenvalue weighted by Gasteiger charge is 2.06. The normalized spacial score (nSPS) is 10.1.